The summed E-state index contributed by atoms with van der Waals surface area (Å²) in [7, 11) is 1.76. The van der Waals surface area contributed by atoms with E-state index in [1.54, 1.807) is 49.8 Å². The molecule has 2 aromatic carbocycles. The van der Waals surface area contributed by atoms with Crippen molar-refractivity contribution in [1.29, 1.82) is 0 Å². The number of pyridine rings is 1. The Labute approximate surface area is 189 Å². The molecule has 0 radical (unpaired) electrons. The Hall–Kier alpha value is -4.11. The van der Waals surface area contributed by atoms with Gasteiger partial charge in [0.05, 0.1) is 11.3 Å². The van der Waals surface area contributed by atoms with Crippen molar-refractivity contribution in [3.05, 3.63) is 85.2 Å². The van der Waals surface area contributed by atoms with Gasteiger partial charge >= 0.3 is 6.03 Å². The van der Waals surface area contributed by atoms with E-state index in [9.17, 15) is 4.79 Å². The lowest BCUT2D eigenvalue weighted by atomic mass is 10.2. The third-order valence-electron chi connectivity index (χ3n) is 4.26. The van der Waals surface area contributed by atoms with Crippen LogP contribution in [0.3, 0.4) is 0 Å². The van der Waals surface area contributed by atoms with Crippen LogP contribution in [0.2, 0.25) is 0 Å². The Bertz CT molecular complexity index is 1190. The minimum absolute atomic E-state index is 0.316. The molecule has 2 aromatic heterocycles. The third-order valence-corrected chi connectivity index (χ3v) is 5.05. The number of anilines is 2. The summed E-state index contributed by atoms with van der Waals surface area (Å²) in [5.74, 6) is 1.51. The molecular weight excluding hydrogens is 424 g/mol. The molecule has 0 aliphatic heterocycles. The van der Waals surface area contributed by atoms with Crippen LogP contribution in [0.4, 0.5) is 16.4 Å². The van der Waals surface area contributed by atoms with Crippen molar-refractivity contribution in [3.63, 3.8) is 0 Å². The van der Waals surface area contributed by atoms with Crippen LogP contribution in [0.15, 0.2) is 90.1 Å². The molecule has 160 valence electrons. The zero-order chi connectivity index (χ0) is 22.2. The number of carbonyl (C=O) groups is 1. The average molecular weight is 445 g/mol. The first-order chi connectivity index (χ1) is 15.7. The molecule has 0 saturated heterocycles. The Balaban J connectivity index is 1.40. The Morgan fingerprint density at radius 3 is 2.50 bits per heavy atom. The number of urea groups is 1. The van der Waals surface area contributed by atoms with Gasteiger partial charge in [-0.2, -0.15) is 0 Å². The molecule has 8 nitrogen and oxygen atoms in total. The highest BCUT2D eigenvalue weighted by molar-refractivity contribution is 7.98. The van der Waals surface area contributed by atoms with E-state index in [0.717, 1.165) is 10.5 Å². The molecule has 9 heteroatoms. The number of hydrogen-bond donors (Lipinski definition) is 3. The molecule has 32 heavy (non-hydrogen) atoms. The topological polar surface area (TPSA) is 101 Å². The van der Waals surface area contributed by atoms with Gasteiger partial charge in [-0.25, -0.2) is 19.7 Å². The van der Waals surface area contributed by atoms with Crippen LogP contribution >= 0.6 is 11.9 Å². The maximum atomic E-state index is 12.1. The Morgan fingerprint density at radius 1 is 0.906 bits per heavy atom. The summed E-state index contributed by atoms with van der Waals surface area (Å²) in [5.41, 5.74) is 2.07. The number of benzene rings is 2. The quantitative estimate of drug-likeness (QED) is 0.337. The number of rotatable bonds is 7. The fraction of sp³-hybridized carbons (Fsp3) is 0.0435. The van der Waals surface area contributed by atoms with Gasteiger partial charge < -0.3 is 15.4 Å². The van der Waals surface area contributed by atoms with Crippen molar-refractivity contribution in [1.82, 2.24) is 19.7 Å². The standard InChI is InChI=1S/C23H20N6O2S/c1-24-22-26-15-13-20(28-22)19-8-5-14-25-21(19)31-17-11-9-16(10-12-17)27-23(30)29-32-18-6-3-2-4-7-18/h2-15H,1H3,(H,24,26,28)(H2,27,29,30). The van der Waals surface area contributed by atoms with Crippen LogP contribution in [0.5, 0.6) is 11.6 Å². The van der Waals surface area contributed by atoms with E-state index in [2.05, 4.69) is 30.3 Å². The molecule has 3 N–H and O–H groups in total. The maximum Gasteiger partial charge on any atom is 0.329 e. The van der Waals surface area contributed by atoms with E-state index < -0.39 is 0 Å². The van der Waals surface area contributed by atoms with Gasteiger partial charge in [-0.05, 0) is 66.5 Å². The molecule has 0 aliphatic rings. The van der Waals surface area contributed by atoms with Gasteiger partial charge in [0.25, 0.3) is 0 Å². The van der Waals surface area contributed by atoms with Crippen LogP contribution in [0.25, 0.3) is 11.3 Å². The molecule has 0 aliphatic carbocycles. The monoisotopic (exact) mass is 444 g/mol. The summed E-state index contributed by atoms with van der Waals surface area (Å²) < 4.78 is 8.72. The lowest BCUT2D eigenvalue weighted by Crippen LogP contribution is -2.22. The molecule has 4 rings (SSSR count). The number of aromatic nitrogens is 3. The lowest BCUT2D eigenvalue weighted by molar-refractivity contribution is 0.257. The summed E-state index contributed by atoms with van der Waals surface area (Å²) in [6.07, 6.45) is 3.33. The second kappa shape index (κ2) is 10.3. The van der Waals surface area contributed by atoms with Gasteiger partial charge in [0.15, 0.2) is 0 Å². The van der Waals surface area contributed by atoms with Crippen LogP contribution in [0.1, 0.15) is 0 Å². The predicted octanol–water partition coefficient (Wildman–Crippen LogP) is 5.20. The van der Waals surface area contributed by atoms with Crippen LogP contribution in [0, 0.1) is 0 Å². The second-order valence-electron chi connectivity index (χ2n) is 6.47. The van der Waals surface area contributed by atoms with E-state index in [0.29, 0.717) is 29.0 Å². The fourth-order valence-corrected chi connectivity index (χ4v) is 3.32. The Morgan fingerprint density at radius 2 is 1.72 bits per heavy atom. The van der Waals surface area contributed by atoms with Gasteiger partial charge in [-0.15, -0.1) is 0 Å². The van der Waals surface area contributed by atoms with Crippen molar-refractivity contribution in [2.45, 2.75) is 4.90 Å². The number of nitrogens with zero attached hydrogens (tertiary/aromatic N) is 3. The highest BCUT2D eigenvalue weighted by Crippen LogP contribution is 2.30. The molecule has 0 atom stereocenters. The van der Waals surface area contributed by atoms with Crippen molar-refractivity contribution in [2.75, 3.05) is 17.7 Å². The normalized spacial score (nSPS) is 10.3. The average Bonchev–Trinajstić information content (AvgIpc) is 2.85. The molecule has 0 unspecified atom stereocenters. The smallest absolute Gasteiger partial charge is 0.329 e. The van der Waals surface area contributed by atoms with E-state index in [1.165, 1.54) is 11.9 Å². The summed E-state index contributed by atoms with van der Waals surface area (Å²) >= 11 is 1.24. The molecule has 2 heterocycles. The van der Waals surface area contributed by atoms with Gasteiger partial charge in [0.1, 0.15) is 5.75 Å². The first kappa shape index (κ1) is 21.1. The second-order valence-corrected chi connectivity index (χ2v) is 7.35. The third kappa shape index (κ3) is 5.52. The molecule has 2 amide bonds. The number of amides is 2. The summed E-state index contributed by atoms with van der Waals surface area (Å²) in [5, 5.41) is 5.71. The SMILES string of the molecule is CNc1nccc(-c2cccnc2Oc2ccc(NC(=O)NSc3ccccc3)cc2)n1. The van der Waals surface area contributed by atoms with Gasteiger partial charge in [-0.3, -0.25) is 4.72 Å². The first-order valence-corrected chi connectivity index (χ1v) is 10.6. The first-order valence-electron chi connectivity index (χ1n) is 9.74. The minimum atomic E-state index is -0.316. The minimum Gasteiger partial charge on any atom is -0.438 e. The number of nitrogens with one attached hydrogen (secondary N) is 3. The van der Waals surface area contributed by atoms with E-state index in [1.807, 2.05) is 42.5 Å². The molecule has 0 bridgehead atoms. The lowest BCUT2D eigenvalue weighted by Gasteiger charge is -2.11. The van der Waals surface area contributed by atoms with Crippen LogP contribution in [-0.4, -0.2) is 28.0 Å². The Kier molecular flexibility index (Phi) is 6.78. The molecular formula is C23H20N6O2S. The largest absolute Gasteiger partial charge is 0.438 e. The number of ether oxygens (including phenoxy) is 1. The predicted molar refractivity (Wildman–Crippen MR) is 126 cm³/mol. The van der Waals surface area contributed by atoms with E-state index in [-0.39, 0.29) is 6.03 Å². The zero-order valence-electron chi connectivity index (χ0n) is 17.1. The summed E-state index contributed by atoms with van der Waals surface area (Å²) in [6.45, 7) is 0. The van der Waals surface area contributed by atoms with Crippen LogP contribution in [-0.2, 0) is 0 Å². The maximum absolute atomic E-state index is 12.1. The van der Waals surface area contributed by atoms with Crippen molar-refractivity contribution < 1.29 is 9.53 Å². The summed E-state index contributed by atoms with van der Waals surface area (Å²) in [4.78, 5) is 26.0. The van der Waals surface area contributed by atoms with E-state index >= 15 is 0 Å². The molecule has 4 aromatic rings. The fourth-order valence-electron chi connectivity index (χ4n) is 2.76. The van der Waals surface area contributed by atoms with E-state index in [4.69, 9.17) is 4.74 Å². The highest BCUT2D eigenvalue weighted by atomic mass is 32.2. The highest BCUT2D eigenvalue weighted by Gasteiger charge is 2.11. The molecule has 0 fully saturated rings. The molecule has 0 saturated carbocycles. The number of hydrogen-bond acceptors (Lipinski definition) is 7. The van der Waals surface area contributed by atoms with Crippen molar-refractivity contribution in [3.8, 4) is 22.9 Å². The van der Waals surface area contributed by atoms with Gasteiger partial charge in [0.2, 0.25) is 11.8 Å². The molecule has 0 spiro atoms. The van der Waals surface area contributed by atoms with Crippen molar-refractivity contribution >= 4 is 29.6 Å². The number of carbonyl (C=O) groups excluding carboxylic acids is 1. The van der Waals surface area contributed by atoms with Gasteiger partial charge in [-0.1, -0.05) is 18.2 Å². The van der Waals surface area contributed by atoms with Crippen molar-refractivity contribution in [2.24, 2.45) is 0 Å². The zero-order valence-corrected chi connectivity index (χ0v) is 18.0. The van der Waals surface area contributed by atoms with Crippen LogP contribution < -0.4 is 20.1 Å². The summed E-state index contributed by atoms with van der Waals surface area (Å²) in [6, 6.07) is 21.8. The van der Waals surface area contributed by atoms with Gasteiger partial charge in [0, 0.05) is 30.0 Å².